The van der Waals surface area contributed by atoms with Crippen molar-refractivity contribution in [1.29, 1.82) is 0 Å². The number of rotatable bonds is 3. The van der Waals surface area contributed by atoms with Crippen molar-refractivity contribution in [2.45, 2.75) is 49.7 Å². The van der Waals surface area contributed by atoms with E-state index in [1.165, 1.54) is 4.90 Å². The zero-order valence-corrected chi connectivity index (χ0v) is 17.2. The summed E-state index contributed by atoms with van der Waals surface area (Å²) in [5, 5.41) is 6.48. The fourth-order valence-electron chi connectivity index (χ4n) is 6.35. The van der Waals surface area contributed by atoms with E-state index in [4.69, 9.17) is 0 Å². The van der Waals surface area contributed by atoms with E-state index < -0.39 is 17.4 Å². The highest BCUT2D eigenvalue weighted by Crippen LogP contribution is 2.54. The minimum Gasteiger partial charge on any atom is -0.324 e. The second-order valence-corrected chi connectivity index (χ2v) is 9.24. The minimum atomic E-state index is -1.19. The number of carbonyl (C=O) groups is 3. The third kappa shape index (κ3) is 2.51. The van der Waals surface area contributed by atoms with Crippen molar-refractivity contribution in [2.24, 2.45) is 11.8 Å². The fourth-order valence-corrected chi connectivity index (χ4v) is 6.35. The van der Waals surface area contributed by atoms with E-state index in [1.54, 1.807) is 0 Å². The van der Waals surface area contributed by atoms with Crippen LogP contribution in [0.3, 0.4) is 0 Å². The van der Waals surface area contributed by atoms with Crippen LogP contribution in [0.1, 0.15) is 36.8 Å². The van der Waals surface area contributed by atoms with Gasteiger partial charge in [-0.05, 0) is 30.9 Å². The molecule has 2 aromatic carbocycles. The highest BCUT2D eigenvalue weighted by atomic mass is 16.2. The highest BCUT2D eigenvalue weighted by molar-refractivity contribution is 6.15. The van der Waals surface area contributed by atoms with E-state index in [9.17, 15) is 14.4 Å². The summed E-state index contributed by atoms with van der Waals surface area (Å²) in [7, 11) is 0. The monoisotopic (exact) mass is 415 g/mol. The van der Waals surface area contributed by atoms with Gasteiger partial charge in [0.05, 0.1) is 11.8 Å². The zero-order chi connectivity index (χ0) is 21.2. The quantitative estimate of drug-likeness (QED) is 0.756. The van der Waals surface area contributed by atoms with Crippen molar-refractivity contribution < 1.29 is 14.4 Å². The molecule has 1 saturated carbocycles. The Balaban J connectivity index is 1.47. The van der Waals surface area contributed by atoms with Crippen LogP contribution < -0.4 is 10.6 Å². The third-order valence-electron chi connectivity index (χ3n) is 7.64. The third-order valence-corrected chi connectivity index (χ3v) is 7.64. The number of hydrogen-bond acceptors (Lipinski definition) is 4. The summed E-state index contributed by atoms with van der Waals surface area (Å²) in [6.45, 7) is 0. The Labute approximate surface area is 181 Å². The second kappa shape index (κ2) is 6.76. The van der Waals surface area contributed by atoms with Crippen molar-refractivity contribution in [1.82, 2.24) is 10.2 Å². The van der Waals surface area contributed by atoms with Gasteiger partial charge in [0.25, 0.3) is 0 Å². The molecule has 158 valence electrons. The van der Waals surface area contributed by atoms with E-state index >= 15 is 0 Å². The van der Waals surface area contributed by atoms with Crippen LogP contribution in [0.4, 0.5) is 5.69 Å². The van der Waals surface area contributed by atoms with Crippen LogP contribution in [0.25, 0.3) is 0 Å². The molecule has 0 radical (unpaired) electrons. The van der Waals surface area contributed by atoms with Gasteiger partial charge in [0.2, 0.25) is 17.7 Å². The predicted octanol–water partition coefficient (Wildman–Crippen LogP) is 2.59. The van der Waals surface area contributed by atoms with Gasteiger partial charge in [-0.1, -0.05) is 61.4 Å². The average molecular weight is 415 g/mol. The summed E-state index contributed by atoms with van der Waals surface area (Å²) in [6, 6.07) is 17.2. The smallest absolute Gasteiger partial charge is 0.250 e. The number of amides is 3. The lowest BCUT2D eigenvalue weighted by Gasteiger charge is -2.31. The molecule has 0 unspecified atom stereocenters. The van der Waals surface area contributed by atoms with E-state index in [0.717, 1.165) is 42.5 Å². The van der Waals surface area contributed by atoms with Crippen LogP contribution in [-0.2, 0) is 26.3 Å². The zero-order valence-electron chi connectivity index (χ0n) is 17.2. The maximum Gasteiger partial charge on any atom is 0.250 e. The molecular weight excluding hydrogens is 390 g/mol. The summed E-state index contributed by atoms with van der Waals surface area (Å²) in [5.41, 5.74) is 1.39. The van der Waals surface area contributed by atoms with Crippen molar-refractivity contribution in [2.75, 3.05) is 5.32 Å². The molecule has 31 heavy (non-hydrogen) atoms. The van der Waals surface area contributed by atoms with Gasteiger partial charge >= 0.3 is 0 Å². The first-order chi connectivity index (χ1) is 15.1. The Morgan fingerprint density at radius 1 is 0.903 bits per heavy atom. The van der Waals surface area contributed by atoms with Gasteiger partial charge in [-0.3, -0.25) is 24.6 Å². The number of anilines is 1. The average Bonchev–Trinajstić information content (AvgIpc) is 3.52. The van der Waals surface area contributed by atoms with Gasteiger partial charge < -0.3 is 5.32 Å². The van der Waals surface area contributed by atoms with Crippen LogP contribution in [0.5, 0.6) is 0 Å². The molecule has 2 saturated heterocycles. The Morgan fingerprint density at radius 3 is 2.39 bits per heavy atom. The molecule has 3 fully saturated rings. The lowest BCUT2D eigenvalue weighted by molar-refractivity contribution is -0.145. The van der Waals surface area contributed by atoms with Crippen LogP contribution in [-0.4, -0.2) is 34.7 Å². The molecule has 1 aliphatic carbocycles. The van der Waals surface area contributed by atoms with Gasteiger partial charge in [0.15, 0.2) is 0 Å². The van der Waals surface area contributed by atoms with Gasteiger partial charge in [-0.15, -0.1) is 0 Å². The topological polar surface area (TPSA) is 78.5 Å². The summed E-state index contributed by atoms with van der Waals surface area (Å²) in [5.74, 6) is -1.77. The van der Waals surface area contributed by atoms with Gasteiger partial charge in [0, 0.05) is 23.3 Å². The SMILES string of the molecule is O=C1[C@H]2[C@@H](C(=O)N1C1CCCC1)[C@@]1(N[C@@H]2Cc2ccccc2)C(=O)Nc2ccccc21. The number of nitrogens with one attached hydrogen (secondary N) is 2. The highest BCUT2D eigenvalue weighted by Gasteiger charge is 2.70. The number of imide groups is 1. The Kier molecular flexibility index (Phi) is 4.09. The summed E-state index contributed by atoms with van der Waals surface area (Å²) >= 11 is 0. The molecule has 2 aromatic rings. The standard InChI is InChI=1S/C25H25N3O3/c29-22-20-19(14-15-8-2-1-3-9-15)27-25(17-12-6-7-13-18(17)26-24(25)31)21(20)23(30)28(22)16-10-4-5-11-16/h1-3,6-9,12-13,16,19-21,27H,4-5,10-11,14H2,(H,26,31)/t19-,20-,21+,25-/m1/s1. The number of hydrogen-bond donors (Lipinski definition) is 2. The lowest BCUT2D eigenvalue weighted by atomic mass is 9.76. The summed E-state index contributed by atoms with van der Waals surface area (Å²) < 4.78 is 0. The fraction of sp³-hybridized carbons (Fsp3) is 0.400. The molecule has 0 bridgehead atoms. The number of nitrogens with zero attached hydrogens (tertiary/aromatic N) is 1. The van der Waals surface area contributed by atoms with Gasteiger partial charge in [-0.25, -0.2) is 0 Å². The Hall–Kier alpha value is -2.99. The first-order valence-corrected chi connectivity index (χ1v) is 11.2. The first-order valence-electron chi connectivity index (χ1n) is 11.2. The van der Waals surface area contributed by atoms with Crippen molar-refractivity contribution in [3.8, 4) is 0 Å². The molecule has 0 aromatic heterocycles. The van der Waals surface area contributed by atoms with E-state index in [-0.39, 0.29) is 29.8 Å². The number of benzene rings is 2. The van der Waals surface area contributed by atoms with Crippen LogP contribution in [0.15, 0.2) is 54.6 Å². The van der Waals surface area contributed by atoms with Crippen LogP contribution in [0, 0.1) is 11.8 Å². The molecule has 4 aliphatic rings. The lowest BCUT2D eigenvalue weighted by Crippen LogP contribution is -2.54. The number of carbonyl (C=O) groups excluding carboxylic acids is 3. The molecule has 3 aliphatic heterocycles. The largest absolute Gasteiger partial charge is 0.324 e. The molecule has 4 atom stereocenters. The van der Waals surface area contributed by atoms with Crippen molar-refractivity contribution in [3.05, 3.63) is 65.7 Å². The van der Waals surface area contributed by atoms with Crippen molar-refractivity contribution in [3.63, 3.8) is 0 Å². The van der Waals surface area contributed by atoms with Crippen LogP contribution in [0.2, 0.25) is 0 Å². The molecule has 6 heteroatoms. The minimum absolute atomic E-state index is 0.0280. The molecule has 6 nitrogen and oxygen atoms in total. The van der Waals surface area contributed by atoms with Crippen LogP contribution >= 0.6 is 0 Å². The van der Waals surface area contributed by atoms with E-state index in [1.807, 2.05) is 54.6 Å². The maximum atomic E-state index is 13.8. The second-order valence-electron chi connectivity index (χ2n) is 9.24. The molecule has 3 heterocycles. The van der Waals surface area contributed by atoms with Crippen molar-refractivity contribution >= 4 is 23.4 Å². The molecule has 2 N–H and O–H groups in total. The molecule has 6 rings (SSSR count). The van der Waals surface area contributed by atoms with E-state index in [0.29, 0.717) is 6.42 Å². The Morgan fingerprint density at radius 2 is 1.61 bits per heavy atom. The van der Waals surface area contributed by atoms with Gasteiger partial charge in [-0.2, -0.15) is 0 Å². The van der Waals surface area contributed by atoms with Gasteiger partial charge in [0.1, 0.15) is 5.54 Å². The molecule has 3 amide bonds. The number of fused-ring (bicyclic) bond motifs is 4. The summed E-state index contributed by atoms with van der Waals surface area (Å²) in [6.07, 6.45) is 4.40. The normalized spacial score (nSPS) is 32.1. The number of para-hydroxylation sites is 1. The maximum absolute atomic E-state index is 13.8. The van der Waals surface area contributed by atoms with E-state index in [2.05, 4.69) is 10.6 Å². The molecule has 1 spiro atoms. The molecular formula is C25H25N3O3. The summed E-state index contributed by atoms with van der Waals surface area (Å²) in [4.78, 5) is 42.4. The Bertz CT molecular complexity index is 1080. The predicted molar refractivity (Wildman–Crippen MR) is 115 cm³/mol. The first kappa shape index (κ1) is 18.8. The number of likely N-dealkylation sites (tertiary alicyclic amines) is 1.